The summed E-state index contributed by atoms with van der Waals surface area (Å²) in [5.74, 6) is -0.495. The van der Waals surface area contributed by atoms with E-state index in [1.165, 1.54) is 22.4 Å². The van der Waals surface area contributed by atoms with Gasteiger partial charge in [-0.1, -0.05) is 23.7 Å². The van der Waals surface area contributed by atoms with Crippen molar-refractivity contribution in [3.05, 3.63) is 62.0 Å². The predicted molar refractivity (Wildman–Crippen MR) is 95.4 cm³/mol. The Morgan fingerprint density at radius 1 is 1.25 bits per heavy atom. The number of aromatic nitrogens is 2. The molecule has 0 atom stereocenters. The Balaban J connectivity index is 1.77. The molecule has 1 amide bonds. The van der Waals surface area contributed by atoms with Crippen molar-refractivity contribution in [1.29, 1.82) is 0 Å². The number of para-hydroxylation sites is 1. The molecule has 122 valence electrons. The molecule has 2 heterocycles. The number of halogens is 1. The molecule has 7 heteroatoms. The van der Waals surface area contributed by atoms with E-state index in [4.69, 9.17) is 11.6 Å². The Bertz CT molecular complexity index is 1010. The first kappa shape index (κ1) is 15.4. The molecule has 0 fully saturated rings. The van der Waals surface area contributed by atoms with E-state index in [2.05, 4.69) is 10.3 Å². The lowest BCUT2D eigenvalue weighted by Crippen LogP contribution is -2.27. The molecule has 1 N–H and O–H groups in total. The maximum absolute atomic E-state index is 12.8. The summed E-state index contributed by atoms with van der Waals surface area (Å²) in [5.41, 5.74) is 1.19. The van der Waals surface area contributed by atoms with Crippen molar-refractivity contribution in [2.75, 3.05) is 5.32 Å². The highest BCUT2D eigenvalue weighted by Gasteiger charge is 2.21. The molecule has 1 aliphatic carbocycles. The van der Waals surface area contributed by atoms with Gasteiger partial charge in [0.15, 0.2) is 4.96 Å². The number of thiazole rings is 1. The number of nitrogens with one attached hydrogen (secondary N) is 1. The fraction of sp³-hybridized carbons (Fsp3) is 0.235. The highest BCUT2D eigenvalue weighted by molar-refractivity contribution is 7.17. The molecule has 0 radical (unpaired) electrons. The van der Waals surface area contributed by atoms with Gasteiger partial charge >= 0.3 is 0 Å². The normalized spacial score (nSPS) is 13.7. The summed E-state index contributed by atoms with van der Waals surface area (Å²) in [5, 5.41) is 3.11. The summed E-state index contributed by atoms with van der Waals surface area (Å²) in [6.07, 6.45) is 5.37. The first-order chi connectivity index (χ1) is 11.6. The van der Waals surface area contributed by atoms with E-state index < -0.39 is 5.91 Å². The molecule has 0 saturated carbocycles. The fourth-order valence-electron chi connectivity index (χ4n) is 2.98. The standard InChI is InChI=1S/C17H14ClN3O2S/c18-11-5-1-2-6-12(11)20-15(22)10-9-19-17-21(16(10)23)13-7-3-4-8-14(13)24-17/h1-2,5-6,9H,3-4,7-8H2,(H,20,22). The number of aryl methyl sites for hydroxylation is 2. The summed E-state index contributed by atoms with van der Waals surface area (Å²) in [6, 6.07) is 6.92. The highest BCUT2D eigenvalue weighted by Crippen LogP contribution is 2.28. The minimum absolute atomic E-state index is 0.0265. The number of carbonyl (C=O) groups is 1. The van der Waals surface area contributed by atoms with E-state index in [-0.39, 0.29) is 11.1 Å². The van der Waals surface area contributed by atoms with Crippen LogP contribution in [0, 0.1) is 0 Å². The van der Waals surface area contributed by atoms with E-state index >= 15 is 0 Å². The molecule has 0 aliphatic heterocycles. The van der Waals surface area contributed by atoms with Crippen LogP contribution >= 0.6 is 22.9 Å². The third kappa shape index (κ3) is 2.52. The van der Waals surface area contributed by atoms with Crippen LogP contribution < -0.4 is 10.9 Å². The predicted octanol–water partition coefficient (Wildman–Crippen LogP) is 3.54. The van der Waals surface area contributed by atoms with E-state index in [9.17, 15) is 9.59 Å². The number of hydrogen-bond donors (Lipinski definition) is 1. The third-order valence-electron chi connectivity index (χ3n) is 4.17. The van der Waals surface area contributed by atoms with E-state index in [0.717, 1.165) is 31.4 Å². The molecule has 1 aliphatic rings. The molecule has 24 heavy (non-hydrogen) atoms. The number of hydrogen-bond acceptors (Lipinski definition) is 4. The van der Waals surface area contributed by atoms with Gasteiger partial charge in [0.2, 0.25) is 0 Å². The molecule has 5 nitrogen and oxygen atoms in total. The number of carbonyl (C=O) groups excluding carboxylic acids is 1. The van der Waals surface area contributed by atoms with Gasteiger partial charge in [-0.2, -0.15) is 0 Å². The summed E-state index contributed by atoms with van der Waals surface area (Å²) < 4.78 is 1.60. The molecular formula is C17H14ClN3O2S. The lowest BCUT2D eigenvalue weighted by atomic mass is 10.0. The molecule has 1 aromatic carbocycles. The number of benzene rings is 1. The Morgan fingerprint density at radius 2 is 2.04 bits per heavy atom. The van der Waals surface area contributed by atoms with Gasteiger partial charge in [0.25, 0.3) is 11.5 Å². The highest BCUT2D eigenvalue weighted by atomic mass is 35.5. The SMILES string of the molecule is O=C(Nc1ccccc1Cl)c1cnc2sc3c(n2c1=O)CCCC3. The molecule has 0 unspecified atom stereocenters. The van der Waals surface area contributed by atoms with Crippen LogP contribution in [0.5, 0.6) is 0 Å². The van der Waals surface area contributed by atoms with Crippen molar-refractivity contribution in [2.45, 2.75) is 25.7 Å². The van der Waals surface area contributed by atoms with Crippen LogP contribution in [-0.2, 0) is 12.8 Å². The van der Waals surface area contributed by atoms with Crippen LogP contribution in [0.15, 0.2) is 35.3 Å². The van der Waals surface area contributed by atoms with E-state index in [1.807, 2.05) is 0 Å². The zero-order valence-electron chi connectivity index (χ0n) is 12.7. The van der Waals surface area contributed by atoms with Gasteiger partial charge in [-0.25, -0.2) is 4.98 Å². The van der Waals surface area contributed by atoms with Gasteiger partial charge in [0.05, 0.1) is 10.7 Å². The molecule has 3 aromatic rings. The Labute approximate surface area is 146 Å². The smallest absolute Gasteiger partial charge is 0.271 e. The van der Waals surface area contributed by atoms with Gasteiger partial charge in [0, 0.05) is 16.8 Å². The monoisotopic (exact) mass is 359 g/mol. The van der Waals surface area contributed by atoms with Crippen LogP contribution in [0.2, 0.25) is 5.02 Å². The van der Waals surface area contributed by atoms with Gasteiger partial charge < -0.3 is 5.32 Å². The lowest BCUT2D eigenvalue weighted by molar-refractivity contribution is 0.102. The fourth-order valence-corrected chi connectivity index (χ4v) is 4.33. The average Bonchev–Trinajstić information content (AvgIpc) is 2.96. The van der Waals surface area contributed by atoms with Crippen molar-refractivity contribution in [2.24, 2.45) is 0 Å². The van der Waals surface area contributed by atoms with Gasteiger partial charge in [-0.3, -0.25) is 14.0 Å². The van der Waals surface area contributed by atoms with Crippen LogP contribution in [-0.4, -0.2) is 15.3 Å². The van der Waals surface area contributed by atoms with E-state index in [1.54, 1.807) is 28.7 Å². The van der Waals surface area contributed by atoms with E-state index in [0.29, 0.717) is 15.7 Å². The Kier molecular flexibility index (Phi) is 3.86. The third-order valence-corrected chi connectivity index (χ3v) is 5.66. The van der Waals surface area contributed by atoms with Crippen LogP contribution in [0.4, 0.5) is 5.69 Å². The molecule has 0 spiro atoms. The van der Waals surface area contributed by atoms with Crippen LogP contribution in [0.3, 0.4) is 0 Å². The second-order valence-electron chi connectivity index (χ2n) is 5.71. The van der Waals surface area contributed by atoms with Crippen molar-refractivity contribution >= 4 is 39.5 Å². The molecule has 4 rings (SSSR count). The topological polar surface area (TPSA) is 63.5 Å². The minimum Gasteiger partial charge on any atom is -0.320 e. The van der Waals surface area contributed by atoms with Crippen molar-refractivity contribution < 1.29 is 4.79 Å². The summed E-state index contributed by atoms with van der Waals surface area (Å²) in [6.45, 7) is 0. The first-order valence-electron chi connectivity index (χ1n) is 7.73. The molecular weight excluding hydrogens is 346 g/mol. The summed E-state index contributed by atoms with van der Waals surface area (Å²) in [7, 11) is 0. The molecule has 0 saturated heterocycles. The van der Waals surface area contributed by atoms with Crippen LogP contribution in [0.25, 0.3) is 4.96 Å². The molecule has 0 bridgehead atoms. The maximum Gasteiger partial charge on any atom is 0.271 e. The van der Waals surface area contributed by atoms with Gasteiger partial charge in [0.1, 0.15) is 5.56 Å². The minimum atomic E-state index is -0.495. The van der Waals surface area contributed by atoms with Crippen molar-refractivity contribution in [3.8, 4) is 0 Å². The van der Waals surface area contributed by atoms with Gasteiger partial charge in [-0.15, -0.1) is 11.3 Å². The second-order valence-corrected chi connectivity index (χ2v) is 7.18. The molecule has 2 aromatic heterocycles. The summed E-state index contributed by atoms with van der Waals surface area (Å²) >= 11 is 7.60. The number of nitrogens with zero attached hydrogens (tertiary/aromatic N) is 2. The van der Waals surface area contributed by atoms with Crippen molar-refractivity contribution in [1.82, 2.24) is 9.38 Å². The number of rotatable bonds is 2. The average molecular weight is 360 g/mol. The zero-order valence-corrected chi connectivity index (χ0v) is 14.3. The van der Waals surface area contributed by atoms with Gasteiger partial charge in [-0.05, 0) is 37.8 Å². The number of amides is 1. The lowest BCUT2D eigenvalue weighted by Gasteiger charge is -2.10. The number of fused-ring (bicyclic) bond motifs is 3. The largest absolute Gasteiger partial charge is 0.320 e. The zero-order chi connectivity index (χ0) is 16.7. The van der Waals surface area contributed by atoms with Crippen molar-refractivity contribution in [3.63, 3.8) is 0 Å². The maximum atomic E-state index is 12.8. The second kappa shape index (κ2) is 6.03. The first-order valence-corrected chi connectivity index (χ1v) is 8.93. The Morgan fingerprint density at radius 3 is 2.88 bits per heavy atom. The number of anilines is 1. The summed E-state index contributed by atoms with van der Waals surface area (Å²) in [4.78, 5) is 31.5. The Hall–Kier alpha value is -2.18. The van der Waals surface area contributed by atoms with Crippen LogP contribution in [0.1, 0.15) is 33.8 Å². The quantitative estimate of drug-likeness (QED) is 0.761.